The molecule has 15 heavy (non-hydrogen) atoms. The minimum absolute atomic E-state index is 0.0111. The molecule has 0 bridgehead atoms. The number of amides is 2. The summed E-state index contributed by atoms with van der Waals surface area (Å²) < 4.78 is 0. The van der Waals surface area contributed by atoms with Crippen LogP contribution in [-0.4, -0.2) is 30.3 Å². The standard InChI is InChI=1S/C11H13N2O2/c1-12-10(14)8-13(2)11(15)9-6-4-3-5-7-9/h3-7H,1,8H2,2H3,(H,12,14). The van der Waals surface area contributed by atoms with E-state index in [4.69, 9.17) is 0 Å². The molecule has 1 aromatic rings. The maximum Gasteiger partial charge on any atom is 0.254 e. The van der Waals surface area contributed by atoms with Crippen molar-refractivity contribution in [3.63, 3.8) is 0 Å². The number of rotatable bonds is 3. The van der Waals surface area contributed by atoms with Gasteiger partial charge in [0, 0.05) is 19.7 Å². The summed E-state index contributed by atoms with van der Waals surface area (Å²) in [4.78, 5) is 24.1. The lowest BCUT2D eigenvalue weighted by atomic mass is 10.2. The number of carbonyl (C=O) groups excluding carboxylic acids is 2. The molecule has 0 saturated heterocycles. The van der Waals surface area contributed by atoms with Crippen molar-refractivity contribution in [2.75, 3.05) is 13.6 Å². The summed E-state index contributed by atoms with van der Waals surface area (Å²) in [5, 5.41) is 2.22. The fourth-order valence-corrected chi connectivity index (χ4v) is 1.14. The molecule has 1 aromatic carbocycles. The lowest BCUT2D eigenvalue weighted by molar-refractivity contribution is -0.120. The monoisotopic (exact) mass is 205 g/mol. The zero-order valence-electron chi connectivity index (χ0n) is 8.56. The van der Waals surface area contributed by atoms with Crippen LogP contribution in [0.1, 0.15) is 10.4 Å². The SMILES string of the molecule is [CH2]NC(=O)CN(C)C(=O)c1ccccc1. The number of nitrogens with zero attached hydrogens (tertiary/aromatic N) is 1. The van der Waals surface area contributed by atoms with Gasteiger partial charge in [-0.3, -0.25) is 9.59 Å². The molecule has 4 nitrogen and oxygen atoms in total. The van der Waals surface area contributed by atoms with E-state index in [2.05, 4.69) is 12.4 Å². The maximum atomic E-state index is 11.7. The third kappa shape index (κ3) is 3.09. The lowest BCUT2D eigenvalue weighted by Crippen LogP contribution is -2.36. The molecule has 2 amide bonds. The topological polar surface area (TPSA) is 49.4 Å². The van der Waals surface area contributed by atoms with E-state index in [1.54, 1.807) is 31.3 Å². The molecule has 0 unspecified atom stereocenters. The maximum absolute atomic E-state index is 11.7. The van der Waals surface area contributed by atoms with Gasteiger partial charge in [-0.05, 0) is 12.1 Å². The minimum atomic E-state index is -0.290. The highest BCUT2D eigenvalue weighted by Crippen LogP contribution is 2.02. The molecule has 4 heteroatoms. The van der Waals surface area contributed by atoms with Gasteiger partial charge in [0.2, 0.25) is 5.91 Å². The third-order valence-corrected chi connectivity index (χ3v) is 1.95. The van der Waals surface area contributed by atoms with Gasteiger partial charge in [-0.2, -0.15) is 0 Å². The van der Waals surface area contributed by atoms with Gasteiger partial charge in [0.25, 0.3) is 5.91 Å². The fraction of sp³-hybridized carbons (Fsp3) is 0.182. The van der Waals surface area contributed by atoms with Gasteiger partial charge in [-0.25, -0.2) is 0 Å². The Balaban J connectivity index is 2.65. The van der Waals surface area contributed by atoms with Crippen molar-refractivity contribution in [1.82, 2.24) is 10.2 Å². The van der Waals surface area contributed by atoms with Gasteiger partial charge in [-0.15, -0.1) is 0 Å². The van der Waals surface area contributed by atoms with Gasteiger partial charge in [0.05, 0.1) is 6.54 Å². The van der Waals surface area contributed by atoms with Crippen LogP contribution in [0.4, 0.5) is 0 Å². The van der Waals surface area contributed by atoms with Crippen molar-refractivity contribution >= 4 is 11.8 Å². The number of hydrogen-bond acceptors (Lipinski definition) is 2. The van der Waals surface area contributed by atoms with Crippen LogP contribution in [-0.2, 0) is 4.79 Å². The summed E-state index contributed by atoms with van der Waals surface area (Å²) in [6.45, 7) is 0.0111. The first-order valence-corrected chi connectivity index (χ1v) is 4.51. The van der Waals surface area contributed by atoms with E-state index in [0.29, 0.717) is 5.56 Å². The van der Waals surface area contributed by atoms with Crippen LogP contribution in [0.15, 0.2) is 30.3 Å². The molecule has 0 heterocycles. The van der Waals surface area contributed by atoms with Gasteiger partial charge in [0.1, 0.15) is 0 Å². The third-order valence-electron chi connectivity index (χ3n) is 1.95. The van der Waals surface area contributed by atoms with Crippen LogP contribution in [0, 0.1) is 7.05 Å². The van der Waals surface area contributed by atoms with E-state index in [1.807, 2.05) is 6.07 Å². The van der Waals surface area contributed by atoms with E-state index in [-0.39, 0.29) is 18.4 Å². The fourth-order valence-electron chi connectivity index (χ4n) is 1.14. The van der Waals surface area contributed by atoms with Crippen molar-refractivity contribution < 1.29 is 9.59 Å². The second-order valence-corrected chi connectivity index (χ2v) is 3.13. The van der Waals surface area contributed by atoms with Crippen LogP contribution in [0.25, 0.3) is 0 Å². The van der Waals surface area contributed by atoms with E-state index in [1.165, 1.54) is 4.90 Å². The Hall–Kier alpha value is -1.84. The zero-order chi connectivity index (χ0) is 11.3. The van der Waals surface area contributed by atoms with Crippen LogP contribution in [0.2, 0.25) is 0 Å². The quantitative estimate of drug-likeness (QED) is 0.788. The first-order chi connectivity index (χ1) is 7.15. The lowest BCUT2D eigenvalue weighted by Gasteiger charge is -2.15. The predicted octanol–water partition coefficient (Wildman–Crippen LogP) is 0.666. The van der Waals surface area contributed by atoms with Crippen molar-refractivity contribution in [1.29, 1.82) is 0 Å². The van der Waals surface area contributed by atoms with E-state index >= 15 is 0 Å². The van der Waals surface area contributed by atoms with Gasteiger partial charge < -0.3 is 10.2 Å². The molecule has 0 saturated carbocycles. The molecular formula is C11H13N2O2. The summed E-state index contributed by atoms with van der Waals surface area (Å²) in [6, 6.07) is 8.81. The smallest absolute Gasteiger partial charge is 0.254 e. The zero-order valence-corrected chi connectivity index (χ0v) is 8.56. The first kappa shape index (κ1) is 11.2. The average molecular weight is 205 g/mol. The van der Waals surface area contributed by atoms with Gasteiger partial charge >= 0.3 is 0 Å². The molecule has 0 aliphatic heterocycles. The molecule has 1 N–H and O–H groups in total. The van der Waals surface area contributed by atoms with Crippen LogP contribution in [0.3, 0.4) is 0 Å². The molecule has 1 rings (SSSR count). The van der Waals surface area contributed by atoms with Crippen LogP contribution in [0.5, 0.6) is 0 Å². The van der Waals surface area contributed by atoms with Crippen molar-refractivity contribution in [2.24, 2.45) is 0 Å². The van der Waals surface area contributed by atoms with E-state index < -0.39 is 0 Å². The summed E-state index contributed by atoms with van der Waals surface area (Å²) in [5.74, 6) is -0.471. The average Bonchev–Trinajstić information content (AvgIpc) is 2.29. The highest BCUT2D eigenvalue weighted by molar-refractivity contribution is 5.96. The van der Waals surface area contributed by atoms with Crippen molar-refractivity contribution in [2.45, 2.75) is 0 Å². The van der Waals surface area contributed by atoms with Gasteiger partial charge in [-0.1, -0.05) is 18.2 Å². The molecular weight excluding hydrogens is 192 g/mol. The van der Waals surface area contributed by atoms with Crippen molar-refractivity contribution in [3.8, 4) is 0 Å². The molecule has 79 valence electrons. The second kappa shape index (κ2) is 5.14. The summed E-state index contributed by atoms with van der Waals surface area (Å²) in [5.41, 5.74) is 0.567. The number of carbonyl (C=O) groups is 2. The van der Waals surface area contributed by atoms with E-state index in [0.717, 1.165) is 0 Å². The Labute approximate surface area is 88.9 Å². The summed E-state index contributed by atoms with van der Waals surface area (Å²) >= 11 is 0. The Kier molecular flexibility index (Phi) is 3.85. The Morgan fingerprint density at radius 1 is 1.33 bits per heavy atom. The summed E-state index contributed by atoms with van der Waals surface area (Å²) in [7, 11) is 4.81. The summed E-state index contributed by atoms with van der Waals surface area (Å²) in [6.07, 6.45) is 0. The second-order valence-electron chi connectivity index (χ2n) is 3.13. The van der Waals surface area contributed by atoms with Crippen molar-refractivity contribution in [3.05, 3.63) is 42.9 Å². The Morgan fingerprint density at radius 3 is 2.47 bits per heavy atom. The molecule has 0 spiro atoms. The first-order valence-electron chi connectivity index (χ1n) is 4.51. The van der Waals surface area contributed by atoms with Crippen LogP contribution >= 0.6 is 0 Å². The minimum Gasteiger partial charge on any atom is -0.353 e. The highest BCUT2D eigenvalue weighted by Gasteiger charge is 2.13. The van der Waals surface area contributed by atoms with Gasteiger partial charge in [0.15, 0.2) is 0 Å². The molecule has 1 radical (unpaired) electrons. The Morgan fingerprint density at radius 2 is 1.93 bits per heavy atom. The number of benzene rings is 1. The Bertz CT molecular complexity index is 349. The molecule has 0 atom stereocenters. The largest absolute Gasteiger partial charge is 0.353 e. The molecule has 0 fully saturated rings. The van der Waals surface area contributed by atoms with E-state index in [9.17, 15) is 9.59 Å². The van der Waals surface area contributed by atoms with Crippen LogP contribution < -0.4 is 5.32 Å². The number of hydrogen-bond donors (Lipinski definition) is 1. The molecule has 0 aromatic heterocycles. The highest BCUT2D eigenvalue weighted by atomic mass is 16.2. The normalized spacial score (nSPS) is 9.47. The molecule has 0 aliphatic carbocycles. The molecule has 0 aliphatic rings. The number of likely N-dealkylation sites (N-methyl/N-ethyl adjacent to an activating group) is 1. The number of nitrogens with one attached hydrogen (secondary N) is 1. The predicted molar refractivity (Wildman–Crippen MR) is 56.9 cm³/mol.